The van der Waals surface area contributed by atoms with Crippen molar-refractivity contribution in [1.82, 2.24) is 5.32 Å². The van der Waals surface area contributed by atoms with Crippen molar-refractivity contribution in [3.8, 4) is 0 Å². The van der Waals surface area contributed by atoms with E-state index in [1.807, 2.05) is 24.3 Å². The van der Waals surface area contributed by atoms with Crippen LogP contribution in [0.1, 0.15) is 37.0 Å². The molecule has 0 fully saturated rings. The third-order valence-electron chi connectivity index (χ3n) is 3.30. The molecule has 2 amide bonds. The van der Waals surface area contributed by atoms with Gasteiger partial charge in [-0.15, -0.1) is 0 Å². The van der Waals surface area contributed by atoms with E-state index in [1.165, 1.54) is 6.92 Å². The average molecular weight is 284 g/mol. The highest BCUT2D eigenvalue weighted by atomic mass is 16.2. The molecule has 0 bridgehead atoms. The molecule has 0 saturated carbocycles. The Kier molecular flexibility index (Phi) is 4.93. The fourth-order valence-corrected chi connectivity index (χ4v) is 2.27. The predicted octanol–water partition coefficient (Wildman–Crippen LogP) is 3.33. The van der Waals surface area contributed by atoms with Crippen molar-refractivity contribution in [2.75, 3.05) is 11.9 Å². The number of fused-ring (bicyclic) bond motifs is 1. The maximum atomic E-state index is 12.3. The van der Waals surface area contributed by atoms with Gasteiger partial charge in [0.1, 0.15) is 0 Å². The highest BCUT2D eigenvalue weighted by Gasteiger charge is 2.12. The number of unbranched alkanes of at least 4 members (excludes halogenated alkanes) is 1. The van der Waals surface area contributed by atoms with Crippen LogP contribution >= 0.6 is 0 Å². The second-order valence-corrected chi connectivity index (χ2v) is 5.00. The smallest absolute Gasteiger partial charge is 0.251 e. The lowest BCUT2D eigenvalue weighted by Gasteiger charge is -2.11. The minimum absolute atomic E-state index is 0.0750. The first-order chi connectivity index (χ1) is 10.1. The van der Waals surface area contributed by atoms with E-state index in [0.717, 1.165) is 29.3 Å². The molecule has 4 nitrogen and oxygen atoms in total. The molecule has 4 heteroatoms. The van der Waals surface area contributed by atoms with Crippen LogP contribution in [0.3, 0.4) is 0 Å². The fraction of sp³-hybridized carbons (Fsp3) is 0.294. The van der Waals surface area contributed by atoms with Crippen molar-refractivity contribution >= 4 is 28.3 Å². The molecule has 2 aromatic rings. The Morgan fingerprint density at radius 3 is 2.43 bits per heavy atom. The Morgan fingerprint density at radius 2 is 1.76 bits per heavy atom. The van der Waals surface area contributed by atoms with E-state index in [-0.39, 0.29) is 11.8 Å². The van der Waals surface area contributed by atoms with Crippen LogP contribution in [0.25, 0.3) is 10.8 Å². The molecule has 21 heavy (non-hydrogen) atoms. The molecule has 2 rings (SSSR count). The number of anilines is 1. The lowest BCUT2D eigenvalue weighted by atomic mass is 10.0. The normalized spacial score (nSPS) is 10.4. The van der Waals surface area contributed by atoms with Gasteiger partial charge in [-0.25, -0.2) is 0 Å². The topological polar surface area (TPSA) is 58.2 Å². The van der Waals surface area contributed by atoms with Gasteiger partial charge < -0.3 is 10.6 Å². The van der Waals surface area contributed by atoms with Gasteiger partial charge in [0.05, 0.1) is 0 Å². The fourth-order valence-electron chi connectivity index (χ4n) is 2.27. The second kappa shape index (κ2) is 6.88. The zero-order chi connectivity index (χ0) is 15.2. The van der Waals surface area contributed by atoms with Gasteiger partial charge in [-0.3, -0.25) is 9.59 Å². The highest BCUT2D eigenvalue weighted by molar-refractivity contribution is 6.12. The lowest BCUT2D eigenvalue weighted by Crippen LogP contribution is -2.24. The Hall–Kier alpha value is -2.36. The quantitative estimate of drug-likeness (QED) is 0.827. The SMILES string of the molecule is CCCCNC(=O)c1ccc(NC(C)=O)c2ccccc12. The first kappa shape index (κ1) is 15.0. The standard InChI is InChI=1S/C17H20N2O2/c1-3-4-11-18-17(21)15-9-10-16(19-12(2)20)14-8-6-5-7-13(14)15/h5-10H,3-4,11H2,1-2H3,(H,18,21)(H,19,20). The van der Waals surface area contributed by atoms with Crippen molar-refractivity contribution in [3.05, 3.63) is 42.0 Å². The molecule has 0 heterocycles. The van der Waals surface area contributed by atoms with Gasteiger partial charge in [-0.05, 0) is 23.9 Å². The maximum Gasteiger partial charge on any atom is 0.251 e. The van der Waals surface area contributed by atoms with Crippen molar-refractivity contribution < 1.29 is 9.59 Å². The minimum Gasteiger partial charge on any atom is -0.352 e. The van der Waals surface area contributed by atoms with Gasteiger partial charge in [-0.2, -0.15) is 0 Å². The molecule has 0 atom stereocenters. The Balaban J connectivity index is 2.38. The molecule has 0 aliphatic heterocycles. The van der Waals surface area contributed by atoms with E-state index >= 15 is 0 Å². The van der Waals surface area contributed by atoms with Gasteiger partial charge in [0.25, 0.3) is 5.91 Å². The van der Waals surface area contributed by atoms with Crippen LogP contribution in [0.5, 0.6) is 0 Å². The summed E-state index contributed by atoms with van der Waals surface area (Å²) in [6.45, 7) is 4.24. The van der Waals surface area contributed by atoms with Crippen LogP contribution in [0.4, 0.5) is 5.69 Å². The number of carbonyl (C=O) groups is 2. The van der Waals surface area contributed by atoms with E-state index in [2.05, 4.69) is 17.6 Å². The number of hydrogen-bond donors (Lipinski definition) is 2. The third-order valence-corrected chi connectivity index (χ3v) is 3.30. The number of rotatable bonds is 5. The number of carbonyl (C=O) groups excluding carboxylic acids is 2. The van der Waals surface area contributed by atoms with Crippen molar-refractivity contribution in [2.45, 2.75) is 26.7 Å². The number of amides is 2. The average Bonchev–Trinajstić information content (AvgIpc) is 2.47. The molecule has 2 N–H and O–H groups in total. The maximum absolute atomic E-state index is 12.3. The zero-order valence-electron chi connectivity index (χ0n) is 12.4. The molecular weight excluding hydrogens is 264 g/mol. The third kappa shape index (κ3) is 3.60. The predicted molar refractivity (Wildman–Crippen MR) is 85.5 cm³/mol. The van der Waals surface area contributed by atoms with E-state index in [9.17, 15) is 9.59 Å². The van der Waals surface area contributed by atoms with E-state index in [4.69, 9.17) is 0 Å². The van der Waals surface area contributed by atoms with Gasteiger partial charge in [0, 0.05) is 30.1 Å². The van der Waals surface area contributed by atoms with Crippen LogP contribution in [0.15, 0.2) is 36.4 Å². The molecule has 0 aromatic heterocycles. The van der Waals surface area contributed by atoms with Gasteiger partial charge >= 0.3 is 0 Å². The summed E-state index contributed by atoms with van der Waals surface area (Å²) in [5, 5.41) is 7.44. The highest BCUT2D eigenvalue weighted by Crippen LogP contribution is 2.26. The van der Waals surface area contributed by atoms with Gasteiger partial charge in [-0.1, -0.05) is 37.6 Å². The van der Waals surface area contributed by atoms with E-state index in [1.54, 1.807) is 12.1 Å². The molecule has 0 spiro atoms. The van der Waals surface area contributed by atoms with Gasteiger partial charge in [0.2, 0.25) is 5.91 Å². The lowest BCUT2D eigenvalue weighted by molar-refractivity contribution is -0.114. The molecule has 110 valence electrons. The summed E-state index contributed by atoms with van der Waals surface area (Å²) in [7, 11) is 0. The first-order valence-electron chi connectivity index (χ1n) is 7.21. The summed E-state index contributed by atoms with van der Waals surface area (Å²) in [6.07, 6.45) is 2.01. The number of hydrogen-bond acceptors (Lipinski definition) is 2. The van der Waals surface area contributed by atoms with Crippen molar-refractivity contribution in [1.29, 1.82) is 0 Å². The summed E-state index contributed by atoms with van der Waals surface area (Å²) >= 11 is 0. The summed E-state index contributed by atoms with van der Waals surface area (Å²) in [4.78, 5) is 23.5. The minimum atomic E-state index is -0.125. The second-order valence-electron chi connectivity index (χ2n) is 5.00. The molecule has 0 aliphatic rings. The zero-order valence-corrected chi connectivity index (χ0v) is 12.4. The Labute approximate surface area is 124 Å². The number of benzene rings is 2. The molecule has 0 radical (unpaired) electrons. The summed E-state index contributed by atoms with van der Waals surface area (Å²) in [5.41, 5.74) is 1.36. The van der Waals surface area contributed by atoms with Crippen LogP contribution in [-0.2, 0) is 4.79 Å². The Bertz CT molecular complexity index is 665. The van der Waals surface area contributed by atoms with Crippen LogP contribution in [0.2, 0.25) is 0 Å². The molecular formula is C17H20N2O2. The summed E-state index contributed by atoms with van der Waals surface area (Å²) in [6, 6.07) is 11.1. The molecule has 0 unspecified atom stereocenters. The Morgan fingerprint density at radius 1 is 1.05 bits per heavy atom. The van der Waals surface area contributed by atoms with Crippen molar-refractivity contribution in [3.63, 3.8) is 0 Å². The summed E-state index contributed by atoms with van der Waals surface area (Å²) < 4.78 is 0. The molecule has 0 aliphatic carbocycles. The van der Waals surface area contributed by atoms with Crippen LogP contribution in [0, 0.1) is 0 Å². The molecule has 2 aromatic carbocycles. The van der Waals surface area contributed by atoms with Crippen LogP contribution < -0.4 is 10.6 Å². The van der Waals surface area contributed by atoms with Gasteiger partial charge in [0.15, 0.2) is 0 Å². The largest absolute Gasteiger partial charge is 0.352 e. The number of nitrogens with one attached hydrogen (secondary N) is 2. The van der Waals surface area contributed by atoms with E-state index < -0.39 is 0 Å². The van der Waals surface area contributed by atoms with Crippen LogP contribution in [-0.4, -0.2) is 18.4 Å². The summed E-state index contributed by atoms with van der Waals surface area (Å²) in [5.74, 6) is -0.200. The molecule has 0 saturated heterocycles. The first-order valence-corrected chi connectivity index (χ1v) is 7.21. The van der Waals surface area contributed by atoms with E-state index in [0.29, 0.717) is 12.1 Å². The monoisotopic (exact) mass is 284 g/mol. The van der Waals surface area contributed by atoms with Crippen molar-refractivity contribution in [2.24, 2.45) is 0 Å².